The van der Waals surface area contributed by atoms with Gasteiger partial charge in [0.15, 0.2) is 0 Å². The van der Waals surface area contributed by atoms with Crippen LogP contribution < -0.4 is 11.1 Å². The number of nitrogens with one attached hydrogen (secondary N) is 1. The fourth-order valence-electron chi connectivity index (χ4n) is 0.578. The molecule has 0 spiro atoms. The van der Waals surface area contributed by atoms with Crippen molar-refractivity contribution in [3.63, 3.8) is 0 Å². The van der Waals surface area contributed by atoms with Crippen molar-refractivity contribution in [2.75, 3.05) is 13.3 Å². The van der Waals surface area contributed by atoms with Gasteiger partial charge >= 0.3 is 0 Å². The zero-order valence-electron chi connectivity index (χ0n) is 4.76. The molecule has 0 radical (unpaired) electrons. The van der Waals surface area contributed by atoms with Crippen LogP contribution in [0.25, 0.3) is 0 Å². The first-order valence-electron chi connectivity index (χ1n) is 2.50. The lowest BCUT2D eigenvalue weighted by atomic mass is 10.2. The van der Waals surface area contributed by atoms with Gasteiger partial charge in [-0.15, -0.1) is 0 Å². The Kier molecular flexibility index (Phi) is 1.40. The van der Waals surface area contributed by atoms with Crippen LogP contribution in [0, 0.1) is 0 Å². The van der Waals surface area contributed by atoms with Gasteiger partial charge < -0.3 is 15.6 Å². The van der Waals surface area contributed by atoms with Crippen molar-refractivity contribution in [2.24, 2.45) is 5.73 Å². The lowest BCUT2D eigenvalue weighted by Gasteiger charge is -2.14. The molecule has 5 nitrogen and oxygen atoms in total. The number of primary amides is 1. The summed E-state index contributed by atoms with van der Waals surface area (Å²) in [6.45, 7) is 0.0990. The molecule has 1 aliphatic heterocycles. The summed E-state index contributed by atoms with van der Waals surface area (Å²) in [6, 6.07) is 0. The number of aliphatic hydroxyl groups is 1. The Hall–Kier alpha value is -0.650. The third-order valence-corrected chi connectivity index (χ3v) is 1.19. The van der Waals surface area contributed by atoms with Crippen molar-refractivity contribution < 1.29 is 14.6 Å². The summed E-state index contributed by atoms with van der Waals surface area (Å²) in [4.78, 5) is 10.4. The number of carbonyl (C=O) groups is 1. The number of hydrogen-bond donors (Lipinski definition) is 3. The average Bonchev–Trinajstić information content (AvgIpc) is 2.16. The number of nitrogens with two attached hydrogens (primary N) is 1. The summed E-state index contributed by atoms with van der Waals surface area (Å²) in [5, 5.41) is 11.4. The molecule has 0 aromatic heterocycles. The van der Waals surface area contributed by atoms with Crippen LogP contribution in [0.1, 0.15) is 0 Å². The summed E-state index contributed by atoms with van der Waals surface area (Å²) < 4.78 is 4.66. The Morgan fingerprint density at radius 2 is 2.56 bits per heavy atom. The van der Waals surface area contributed by atoms with Crippen molar-refractivity contribution in [3.8, 4) is 0 Å². The SMILES string of the molecule is NC(=O)C1(O)COCN1. The molecular formula is C4H8N2O3. The van der Waals surface area contributed by atoms with Gasteiger partial charge in [-0.2, -0.15) is 0 Å². The van der Waals surface area contributed by atoms with E-state index in [0.717, 1.165) is 0 Å². The van der Waals surface area contributed by atoms with Gasteiger partial charge in [-0.05, 0) is 0 Å². The standard InChI is InChI=1S/C4H8N2O3/c5-3(7)4(8)1-9-2-6-4/h6,8H,1-2H2,(H2,5,7). The van der Waals surface area contributed by atoms with Crippen molar-refractivity contribution in [1.82, 2.24) is 5.32 Å². The highest BCUT2D eigenvalue weighted by atomic mass is 16.5. The Morgan fingerprint density at radius 3 is 2.78 bits per heavy atom. The van der Waals surface area contributed by atoms with Gasteiger partial charge in [-0.3, -0.25) is 10.1 Å². The number of amides is 1. The summed E-state index contributed by atoms with van der Waals surface area (Å²) in [6.07, 6.45) is 0. The monoisotopic (exact) mass is 132 g/mol. The van der Waals surface area contributed by atoms with E-state index in [0.29, 0.717) is 0 Å². The van der Waals surface area contributed by atoms with Gasteiger partial charge in [0.05, 0.1) is 6.73 Å². The summed E-state index contributed by atoms with van der Waals surface area (Å²) in [7, 11) is 0. The lowest BCUT2D eigenvalue weighted by molar-refractivity contribution is -0.138. The van der Waals surface area contributed by atoms with E-state index in [4.69, 9.17) is 10.8 Å². The molecule has 1 aliphatic rings. The predicted molar refractivity (Wildman–Crippen MR) is 28.1 cm³/mol. The minimum atomic E-state index is -1.64. The van der Waals surface area contributed by atoms with Gasteiger partial charge in [0, 0.05) is 0 Å². The zero-order valence-corrected chi connectivity index (χ0v) is 4.76. The molecule has 0 saturated carbocycles. The number of ether oxygens (including phenoxy) is 1. The van der Waals surface area contributed by atoms with Crippen LogP contribution in [0.4, 0.5) is 0 Å². The van der Waals surface area contributed by atoms with Gasteiger partial charge in [0.2, 0.25) is 5.72 Å². The van der Waals surface area contributed by atoms with Gasteiger partial charge in [-0.25, -0.2) is 0 Å². The van der Waals surface area contributed by atoms with E-state index in [1.165, 1.54) is 0 Å². The second kappa shape index (κ2) is 1.94. The highest BCUT2D eigenvalue weighted by Crippen LogP contribution is 2.04. The number of rotatable bonds is 1. The van der Waals surface area contributed by atoms with Crippen LogP contribution in [0.3, 0.4) is 0 Å². The van der Waals surface area contributed by atoms with E-state index >= 15 is 0 Å². The van der Waals surface area contributed by atoms with Crippen LogP contribution >= 0.6 is 0 Å². The summed E-state index contributed by atoms with van der Waals surface area (Å²) in [5.41, 5.74) is 3.16. The van der Waals surface area contributed by atoms with Gasteiger partial charge in [-0.1, -0.05) is 0 Å². The Bertz CT molecular complexity index is 130. The molecule has 0 aliphatic carbocycles. The third-order valence-electron chi connectivity index (χ3n) is 1.19. The molecular weight excluding hydrogens is 124 g/mol. The van der Waals surface area contributed by atoms with Crippen LogP contribution in [-0.2, 0) is 9.53 Å². The molecule has 1 fully saturated rings. The minimum absolute atomic E-state index is 0.0671. The van der Waals surface area contributed by atoms with Crippen molar-refractivity contribution in [1.29, 1.82) is 0 Å². The number of carbonyl (C=O) groups excluding carboxylic acids is 1. The topological polar surface area (TPSA) is 84.6 Å². The maximum absolute atomic E-state index is 10.4. The van der Waals surface area contributed by atoms with E-state index in [1.54, 1.807) is 0 Å². The van der Waals surface area contributed by atoms with Gasteiger partial charge in [0.25, 0.3) is 5.91 Å². The first-order valence-corrected chi connectivity index (χ1v) is 2.50. The molecule has 4 N–H and O–H groups in total. The van der Waals surface area contributed by atoms with E-state index in [-0.39, 0.29) is 13.3 Å². The molecule has 1 amide bonds. The fraction of sp³-hybridized carbons (Fsp3) is 0.750. The minimum Gasteiger partial charge on any atom is -0.366 e. The Morgan fingerprint density at radius 1 is 1.89 bits per heavy atom. The normalized spacial score (nSPS) is 34.8. The molecule has 9 heavy (non-hydrogen) atoms. The van der Waals surface area contributed by atoms with Crippen molar-refractivity contribution >= 4 is 5.91 Å². The summed E-state index contributed by atoms with van der Waals surface area (Å²) in [5.74, 6) is -0.806. The maximum atomic E-state index is 10.4. The molecule has 0 bridgehead atoms. The Balaban J connectivity index is 2.61. The van der Waals surface area contributed by atoms with Crippen molar-refractivity contribution in [2.45, 2.75) is 5.72 Å². The molecule has 1 heterocycles. The first kappa shape index (κ1) is 6.47. The largest absolute Gasteiger partial charge is 0.366 e. The molecule has 0 aromatic carbocycles. The van der Waals surface area contributed by atoms with Crippen LogP contribution in [0.2, 0.25) is 0 Å². The highest BCUT2D eigenvalue weighted by molar-refractivity contribution is 5.83. The van der Waals surface area contributed by atoms with E-state index < -0.39 is 11.6 Å². The molecule has 1 rings (SSSR count). The third kappa shape index (κ3) is 1.02. The average molecular weight is 132 g/mol. The van der Waals surface area contributed by atoms with E-state index in [1.807, 2.05) is 0 Å². The molecule has 0 aromatic rings. The molecule has 1 atom stereocenters. The second-order valence-corrected chi connectivity index (χ2v) is 1.89. The smallest absolute Gasteiger partial charge is 0.267 e. The lowest BCUT2D eigenvalue weighted by Crippen LogP contribution is -2.53. The van der Waals surface area contributed by atoms with Crippen LogP contribution in [-0.4, -0.2) is 30.1 Å². The maximum Gasteiger partial charge on any atom is 0.267 e. The van der Waals surface area contributed by atoms with Gasteiger partial charge in [0.1, 0.15) is 6.61 Å². The molecule has 1 saturated heterocycles. The van der Waals surface area contributed by atoms with Crippen LogP contribution in [0.5, 0.6) is 0 Å². The van der Waals surface area contributed by atoms with E-state index in [9.17, 15) is 4.79 Å². The molecule has 1 unspecified atom stereocenters. The van der Waals surface area contributed by atoms with E-state index in [2.05, 4.69) is 10.1 Å². The Labute approximate surface area is 51.8 Å². The number of hydrogen-bond acceptors (Lipinski definition) is 4. The first-order chi connectivity index (χ1) is 4.15. The molecule has 5 heteroatoms. The predicted octanol–water partition coefficient (Wildman–Crippen LogP) is -2.26. The fourth-order valence-corrected chi connectivity index (χ4v) is 0.578. The highest BCUT2D eigenvalue weighted by Gasteiger charge is 2.37. The summed E-state index contributed by atoms with van der Waals surface area (Å²) >= 11 is 0. The second-order valence-electron chi connectivity index (χ2n) is 1.89. The van der Waals surface area contributed by atoms with Crippen molar-refractivity contribution in [3.05, 3.63) is 0 Å². The quantitative estimate of drug-likeness (QED) is 0.376. The zero-order chi connectivity index (χ0) is 6.91. The van der Waals surface area contributed by atoms with Crippen LogP contribution in [0.15, 0.2) is 0 Å². The molecule has 52 valence electrons.